The van der Waals surface area contributed by atoms with Crippen LogP contribution in [0.5, 0.6) is 0 Å². The average Bonchev–Trinajstić information content (AvgIpc) is 2.62. The molecular formula is C9H9Br2ClN4. The lowest BCUT2D eigenvalue weighted by molar-refractivity contribution is 0.607. The first kappa shape index (κ1) is 12.1. The van der Waals surface area contributed by atoms with Crippen molar-refractivity contribution in [2.45, 2.75) is 13.5 Å². The molecule has 2 heterocycles. The van der Waals surface area contributed by atoms with Crippen LogP contribution in [0.3, 0.4) is 0 Å². The second kappa shape index (κ2) is 4.50. The van der Waals surface area contributed by atoms with Crippen molar-refractivity contribution in [1.82, 2.24) is 19.6 Å². The average molecular weight is 368 g/mol. The van der Waals surface area contributed by atoms with Crippen LogP contribution < -0.4 is 0 Å². The lowest BCUT2D eigenvalue weighted by Gasteiger charge is -2.04. The molecule has 0 bridgehead atoms. The Morgan fingerprint density at radius 3 is 2.50 bits per heavy atom. The molecule has 0 radical (unpaired) electrons. The highest BCUT2D eigenvalue weighted by atomic mass is 79.9. The second-order valence-electron chi connectivity index (χ2n) is 3.42. The molecule has 0 aliphatic carbocycles. The van der Waals surface area contributed by atoms with Gasteiger partial charge >= 0.3 is 0 Å². The summed E-state index contributed by atoms with van der Waals surface area (Å²) < 4.78 is 5.27. The Hall–Kier alpha value is -0.330. The molecule has 0 spiro atoms. The molecule has 0 atom stereocenters. The summed E-state index contributed by atoms with van der Waals surface area (Å²) in [6.07, 6.45) is 0. The molecule has 0 N–H and O–H groups in total. The van der Waals surface area contributed by atoms with Gasteiger partial charge in [-0.25, -0.2) is 0 Å². The van der Waals surface area contributed by atoms with Crippen molar-refractivity contribution in [3.63, 3.8) is 0 Å². The van der Waals surface area contributed by atoms with Crippen LogP contribution in [0.1, 0.15) is 11.4 Å². The molecule has 2 aromatic rings. The Balaban J connectivity index is 2.37. The summed E-state index contributed by atoms with van der Waals surface area (Å²) in [6.45, 7) is 2.47. The van der Waals surface area contributed by atoms with Crippen LogP contribution in [-0.4, -0.2) is 19.6 Å². The highest BCUT2D eigenvalue weighted by Gasteiger charge is 2.13. The van der Waals surface area contributed by atoms with Gasteiger partial charge in [0.15, 0.2) is 0 Å². The summed E-state index contributed by atoms with van der Waals surface area (Å²) in [4.78, 5) is 0. The van der Waals surface area contributed by atoms with Gasteiger partial charge in [-0.2, -0.15) is 10.2 Å². The van der Waals surface area contributed by atoms with E-state index in [9.17, 15) is 0 Å². The minimum Gasteiger partial charge on any atom is -0.269 e. The Bertz CT molecular complexity index is 532. The highest BCUT2D eigenvalue weighted by Crippen LogP contribution is 2.23. The Morgan fingerprint density at radius 1 is 1.38 bits per heavy atom. The number of hydrogen-bond acceptors (Lipinski definition) is 2. The van der Waals surface area contributed by atoms with E-state index in [4.69, 9.17) is 11.6 Å². The number of nitrogens with zero attached hydrogens (tertiary/aromatic N) is 4. The maximum atomic E-state index is 6.17. The Morgan fingerprint density at radius 2 is 2.06 bits per heavy atom. The minimum atomic E-state index is 0.586. The minimum absolute atomic E-state index is 0.586. The van der Waals surface area contributed by atoms with Crippen molar-refractivity contribution in [3.8, 4) is 0 Å². The molecule has 0 aromatic carbocycles. The maximum absolute atomic E-state index is 6.17. The van der Waals surface area contributed by atoms with Gasteiger partial charge in [0, 0.05) is 13.1 Å². The fraction of sp³-hybridized carbons (Fsp3) is 0.333. The first-order valence-corrected chi connectivity index (χ1v) is 6.52. The molecule has 86 valence electrons. The molecule has 2 aromatic heterocycles. The molecule has 0 unspecified atom stereocenters. The van der Waals surface area contributed by atoms with Crippen LogP contribution in [-0.2, 0) is 13.6 Å². The third kappa shape index (κ3) is 2.19. The van der Waals surface area contributed by atoms with Gasteiger partial charge in [0.2, 0.25) is 0 Å². The van der Waals surface area contributed by atoms with Gasteiger partial charge in [-0.05, 0) is 38.8 Å². The smallest absolute Gasteiger partial charge is 0.129 e. The van der Waals surface area contributed by atoms with Crippen LogP contribution >= 0.6 is 43.5 Å². The Labute approximate surface area is 115 Å². The van der Waals surface area contributed by atoms with Crippen LogP contribution in [0.25, 0.3) is 0 Å². The van der Waals surface area contributed by atoms with Gasteiger partial charge in [-0.15, -0.1) is 0 Å². The summed E-state index contributed by atoms with van der Waals surface area (Å²) >= 11 is 12.9. The fourth-order valence-electron chi connectivity index (χ4n) is 1.47. The maximum Gasteiger partial charge on any atom is 0.129 e. The molecule has 4 nitrogen and oxygen atoms in total. The van der Waals surface area contributed by atoms with Gasteiger partial charge in [-0.3, -0.25) is 9.36 Å². The van der Waals surface area contributed by atoms with E-state index in [1.807, 2.05) is 24.7 Å². The highest BCUT2D eigenvalue weighted by molar-refractivity contribution is 9.11. The molecule has 0 aliphatic heterocycles. The van der Waals surface area contributed by atoms with Crippen LogP contribution in [0.15, 0.2) is 15.3 Å². The van der Waals surface area contributed by atoms with E-state index < -0.39 is 0 Å². The van der Waals surface area contributed by atoms with E-state index >= 15 is 0 Å². The number of rotatable bonds is 2. The van der Waals surface area contributed by atoms with Crippen molar-refractivity contribution in [3.05, 3.63) is 31.7 Å². The summed E-state index contributed by atoms with van der Waals surface area (Å²) in [5.74, 6) is 0. The van der Waals surface area contributed by atoms with Crippen LogP contribution in [0.2, 0.25) is 5.02 Å². The summed E-state index contributed by atoms with van der Waals surface area (Å²) in [5.41, 5.74) is 1.77. The third-order valence-electron chi connectivity index (χ3n) is 2.26. The van der Waals surface area contributed by atoms with E-state index in [0.29, 0.717) is 11.6 Å². The van der Waals surface area contributed by atoms with Gasteiger partial charge in [0.25, 0.3) is 0 Å². The lowest BCUT2D eigenvalue weighted by atomic mass is 10.3. The molecule has 0 amide bonds. The molecule has 7 heteroatoms. The number of halogens is 3. The fourth-order valence-corrected chi connectivity index (χ4v) is 2.83. The van der Waals surface area contributed by atoms with E-state index in [1.165, 1.54) is 0 Å². The molecule has 16 heavy (non-hydrogen) atoms. The predicted octanol–water partition coefficient (Wildman–Crippen LogP) is 3.15. The number of hydrogen-bond donors (Lipinski definition) is 0. The summed E-state index contributed by atoms with van der Waals surface area (Å²) in [5, 5.41) is 9.24. The molecule has 0 saturated heterocycles. The topological polar surface area (TPSA) is 35.6 Å². The first-order valence-electron chi connectivity index (χ1n) is 4.56. The van der Waals surface area contributed by atoms with Crippen molar-refractivity contribution < 1.29 is 0 Å². The van der Waals surface area contributed by atoms with Gasteiger partial charge in [-0.1, -0.05) is 11.6 Å². The third-order valence-corrected chi connectivity index (χ3v) is 3.78. The molecule has 2 rings (SSSR count). The van der Waals surface area contributed by atoms with E-state index in [0.717, 1.165) is 20.6 Å². The summed E-state index contributed by atoms with van der Waals surface area (Å²) in [6, 6.07) is 1.89. The van der Waals surface area contributed by atoms with Crippen molar-refractivity contribution in [2.75, 3.05) is 0 Å². The molecule has 0 aliphatic rings. The standard InChI is InChI=1S/C9H9Br2ClN4/c1-5-9(12)6(15(2)13-5)4-16-8(11)3-7(10)14-16/h3H,4H2,1-2H3. The van der Waals surface area contributed by atoms with Crippen molar-refractivity contribution in [1.29, 1.82) is 0 Å². The summed E-state index contributed by atoms with van der Waals surface area (Å²) in [7, 11) is 1.88. The van der Waals surface area contributed by atoms with Gasteiger partial charge in [0.1, 0.15) is 9.21 Å². The van der Waals surface area contributed by atoms with Crippen molar-refractivity contribution >= 4 is 43.5 Å². The normalized spacial score (nSPS) is 11.1. The monoisotopic (exact) mass is 366 g/mol. The van der Waals surface area contributed by atoms with E-state index in [1.54, 1.807) is 4.68 Å². The molecule has 0 saturated carbocycles. The van der Waals surface area contributed by atoms with Crippen LogP contribution in [0, 0.1) is 6.92 Å². The van der Waals surface area contributed by atoms with Gasteiger partial charge in [0.05, 0.1) is 23.0 Å². The van der Waals surface area contributed by atoms with Crippen LogP contribution in [0.4, 0.5) is 0 Å². The second-order valence-corrected chi connectivity index (χ2v) is 5.42. The zero-order valence-electron chi connectivity index (χ0n) is 8.71. The zero-order chi connectivity index (χ0) is 11.9. The zero-order valence-corrected chi connectivity index (χ0v) is 12.6. The quantitative estimate of drug-likeness (QED) is 0.816. The Kier molecular flexibility index (Phi) is 3.42. The van der Waals surface area contributed by atoms with Gasteiger partial charge < -0.3 is 0 Å². The van der Waals surface area contributed by atoms with E-state index in [-0.39, 0.29) is 0 Å². The number of aryl methyl sites for hydroxylation is 2. The van der Waals surface area contributed by atoms with E-state index in [2.05, 4.69) is 42.1 Å². The predicted molar refractivity (Wildman–Crippen MR) is 69.7 cm³/mol. The first-order chi connectivity index (χ1) is 7.49. The molecule has 0 fully saturated rings. The SMILES string of the molecule is Cc1nn(C)c(Cn2nc(Br)cc2Br)c1Cl. The lowest BCUT2D eigenvalue weighted by Crippen LogP contribution is -2.07. The largest absolute Gasteiger partial charge is 0.269 e. The van der Waals surface area contributed by atoms with Crippen molar-refractivity contribution in [2.24, 2.45) is 7.05 Å². The molecular weight excluding hydrogens is 359 g/mol. The number of aromatic nitrogens is 4.